The lowest BCUT2D eigenvalue weighted by molar-refractivity contribution is 0.0277. The van der Waals surface area contributed by atoms with Crippen LogP contribution in [0.3, 0.4) is 0 Å². The molecule has 23 heavy (non-hydrogen) atoms. The number of amides is 1. The number of hydrogen-bond acceptors (Lipinski definition) is 3. The quantitative estimate of drug-likeness (QED) is 0.911. The van der Waals surface area contributed by atoms with Gasteiger partial charge in [0.05, 0.1) is 18.8 Å². The highest BCUT2D eigenvalue weighted by Crippen LogP contribution is 2.25. The molecule has 2 aromatic rings. The summed E-state index contributed by atoms with van der Waals surface area (Å²) in [6, 6.07) is 7.56. The number of aromatic amines is 1. The number of carbonyl (C=O) groups excluding carboxylic acids is 1. The highest BCUT2D eigenvalue weighted by atomic mass is 16.5. The molecule has 2 atom stereocenters. The van der Waals surface area contributed by atoms with Crippen LogP contribution in [0.1, 0.15) is 43.6 Å². The van der Waals surface area contributed by atoms with E-state index in [1.807, 2.05) is 36.1 Å². The first-order valence-electron chi connectivity index (χ1n) is 8.34. The third-order valence-electron chi connectivity index (χ3n) is 4.50. The summed E-state index contributed by atoms with van der Waals surface area (Å²) in [5.41, 5.74) is 1.46. The van der Waals surface area contributed by atoms with Gasteiger partial charge in [-0.15, -0.1) is 0 Å². The molecule has 1 aromatic heterocycles. The number of nitrogens with zero attached hydrogens (tertiary/aromatic N) is 1. The summed E-state index contributed by atoms with van der Waals surface area (Å²) >= 11 is 0. The van der Waals surface area contributed by atoms with Gasteiger partial charge in [-0.1, -0.05) is 0 Å². The summed E-state index contributed by atoms with van der Waals surface area (Å²) < 4.78 is 5.50. The fourth-order valence-electron chi connectivity index (χ4n) is 3.34. The Kier molecular flexibility index (Phi) is 4.57. The van der Waals surface area contributed by atoms with Crippen LogP contribution in [-0.2, 0) is 0 Å². The van der Waals surface area contributed by atoms with E-state index in [9.17, 15) is 9.90 Å². The minimum atomic E-state index is -0.506. The normalized spacial score (nSPS) is 19.8. The SMILES string of the molecule is CCOc1ccc2cc(C(=O)N3CCCCC3C(C)O)[nH]c2c1. The Balaban J connectivity index is 1.87. The van der Waals surface area contributed by atoms with Crippen molar-refractivity contribution in [1.29, 1.82) is 0 Å². The van der Waals surface area contributed by atoms with Crippen molar-refractivity contribution in [3.05, 3.63) is 30.0 Å². The number of rotatable bonds is 4. The van der Waals surface area contributed by atoms with Crippen LogP contribution < -0.4 is 4.74 Å². The standard InChI is InChI=1S/C18H24N2O3/c1-3-23-14-8-7-13-10-16(19-15(13)11-14)18(22)20-9-5-4-6-17(20)12(2)21/h7-8,10-12,17,19,21H,3-6,9H2,1-2H3. The molecule has 2 N–H and O–H groups in total. The highest BCUT2D eigenvalue weighted by molar-refractivity contribution is 5.98. The second-order valence-corrected chi connectivity index (χ2v) is 6.17. The number of aliphatic hydroxyl groups excluding tert-OH is 1. The Hall–Kier alpha value is -2.01. The summed E-state index contributed by atoms with van der Waals surface area (Å²) in [5, 5.41) is 10.9. The zero-order chi connectivity index (χ0) is 16.4. The molecular weight excluding hydrogens is 292 g/mol. The number of aromatic nitrogens is 1. The number of piperidine rings is 1. The minimum absolute atomic E-state index is 0.0373. The Bertz CT molecular complexity index is 693. The maximum atomic E-state index is 12.8. The number of aliphatic hydroxyl groups is 1. The first-order chi connectivity index (χ1) is 11.1. The molecule has 1 fully saturated rings. The third-order valence-corrected chi connectivity index (χ3v) is 4.50. The predicted molar refractivity (Wildman–Crippen MR) is 89.8 cm³/mol. The largest absolute Gasteiger partial charge is 0.494 e. The van der Waals surface area contributed by atoms with E-state index < -0.39 is 6.10 Å². The van der Waals surface area contributed by atoms with Gasteiger partial charge in [-0.3, -0.25) is 4.79 Å². The second kappa shape index (κ2) is 6.62. The molecule has 124 valence electrons. The number of nitrogens with one attached hydrogen (secondary N) is 1. The van der Waals surface area contributed by atoms with Gasteiger partial charge < -0.3 is 19.7 Å². The molecule has 0 radical (unpaired) electrons. The van der Waals surface area contributed by atoms with Crippen LogP contribution in [0.5, 0.6) is 5.75 Å². The number of hydrogen-bond donors (Lipinski definition) is 2. The molecule has 5 nitrogen and oxygen atoms in total. The third kappa shape index (κ3) is 3.20. The van der Waals surface area contributed by atoms with Crippen molar-refractivity contribution in [2.75, 3.05) is 13.2 Å². The first kappa shape index (κ1) is 15.9. The molecule has 1 aliphatic rings. The fraction of sp³-hybridized carbons (Fsp3) is 0.500. The van der Waals surface area contributed by atoms with Gasteiger partial charge in [0.1, 0.15) is 11.4 Å². The molecule has 2 unspecified atom stereocenters. The van der Waals surface area contributed by atoms with Crippen molar-refractivity contribution in [2.45, 2.75) is 45.3 Å². The van der Waals surface area contributed by atoms with Crippen molar-refractivity contribution in [2.24, 2.45) is 0 Å². The van der Waals surface area contributed by atoms with E-state index in [2.05, 4.69) is 4.98 Å². The number of ether oxygens (including phenoxy) is 1. The fourth-order valence-corrected chi connectivity index (χ4v) is 3.34. The summed E-state index contributed by atoms with van der Waals surface area (Å²) in [5.74, 6) is 0.755. The van der Waals surface area contributed by atoms with Crippen LogP contribution in [0.15, 0.2) is 24.3 Å². The molecular formula is C18H24N2O3. The van der Waals surface area contributed by atoms with E-state index >= 15 is 0 Å². The highest BCUT2D eigenvalue weighted by Gasteiger charge is 2.31. The molecule has 1 saturated heterocycles. The second-order valence-electron chi connectivity index (χ2n) is 6.17. The molecule has 3 rings (SSSR count). The molecule has 0 aliphatic carbocycles. The van der Waals surface area contributed by atoms with Crippen molar-refractivity contribution < 1.29 is 14.6 Å². The van der Waals surface area contributed by atoms with Crippen molar-refractivity contribution in [3.63, 3.8) is 0 Å². The van der Waals surface area contributed by atoms with Gasteiger partial charge in [0.2, 0.25) is 0 Å². The Morgan fingerprint density at radius 2 is 2.26 bits per heavy atom. The van der Waals surface area contributed by atoms with Crippen LogP contribution in [0.25, 0.3) is 10.9 Å². The van der Waals surface area contributed by atoms with Crippen LogP contribution in [0.4, 0.5) is 0 Å². The summed E-state index contributed by atoms with van der Waals surface area (Å²) in [7, 11) is 0. The lowest BCUT2D eigenvalue weighted by Gasteiger charge is -2.37. The van der Waals surface area contributed by atoms with Gasteiger partial charge in [0.15, 0.2) is 0 Å². The number of benzene rings is 1. The molecule has 1 aliphatic heterocycles. The van der Waals surface area contributed by atoms with Gasteiger partial charge in [0.25, 0.3) is 5.91 Å². The zero-order valence-electron chi connectivity index (χ0n) is 13.7. The van der Waals surface area contributed by atoms with Crippen LogP contribution >= 0.6 is 0 Å². The van der Waals surface area contributed by atoms with Crippen LogP contribution in [0, 0.1) is 0 Å². The van der Waals surface area contributed by atoms with Crippen LogP contribution in [-0.4, -0.2) is 46.2 Å². The molecule has 0 spiro atoms. The Morgan fingerprint density at radius 3 is 3.00 bits per heavy atom. The summed E-state index contributed by atoms with van der Waals surface area (Å²) in [6.07, 6.45) is 2.40. The van der Waals surface area contributed by atoms with Crippen LogP contribution in [0.2, 0.25) is 0 Å². The first-order valence-corrected chi connectivity index (χ1v) is 8.34. The molecule has 2 heterocycles. The van der Waals surface area contributed by atoms with E-state index in [0.29, 0.717) is 18.8 Å². The van der Waals surface area contributed by atoms with Gasteiger partial charge in [-0.2, -0.15) is 0 Å². The molecule has 1 amide bonds. The van der Waals surface area contributed by atoms with Crippen molar-refractivity contribution in [3.8, 4) is 5.75 Å². The molecule has 0 saturated carbocycles. The summed E-state index contributed by atoms with van der Waals surface area (Å²) in [4.78, 5) is 17.9. The maximum Gasteiger partial charge on any atom is 0.270 e. The van der Waals surface area contributed by atoms with E-state index in [-0.39, 0.29) is 11.9 Å². The Labute approximate surface area is 136 Å². The van der Waals surface area contributed by atoms with E-state index in [0.717, 1.165) is 35.9 Å². The van der Waals surface area contributed by atoms with Gasteiger partial charge in [0, 0.05) is 23.5 Å². The maximum absolute atomic E-state index is 12.8. The van der Waals surface area contributed by atoms with Gasteiger partial charge >= 0.3 is 0 Å². The molecule has 1 aromatic carbocycles. The van der Waals surface area contributed by atoms with Crippen molar-refractivity contribution >= 4 is 16.8 Å². The summed E-state index contributed by atoms with van der Waals surface area (Å²) in [6.45, 7) is 5.02. The number of carbonyl (C=O) groups is 1. The molecule has 5 heteroatoms. The van der Waals surface area contributed by atoms with Gasteiger partial charge in [-0.05, 0) is 51.3 Å². The minimum Gasteiger partial charge on any atom is -0.494 e. The monoisotopic (exact) mass is 316 g/mol. The number of fused-ring (bicyclic) bond motifs is 1. The van der Waals surface area contributed by atoms with E-state index in [4.69, 9.17) is 4.74 Å². The number of likely N-dealkylation sites (tertiary alicyclic amines) is 1. The average Bonchev–Trinajstić information content (AvgIpc) is 2.97. The molecule has 0 bridgehead atoms. The average molecular weight is 316 g/mol. The zero-order valence-corrected chi connectivity index (χ0v) is 13.7. The number of H-pyrrole nitrogens is 1. The lowest BCUT2D eigenvalue weighted by Crippen LogP contribution is -2.49. The van der Waals surface area contributed by atoms with E-state index in [1.54, 1.807) is 6.92 Å². The van der Waals surface area contributed by atoms with Gasteiger partial charge in [-0.25, -0.2) is 0 Å². The topological polar surface area (TPSA) is 65.6 Å². The smallest absolute Gasteiger partial charge is 0.270 e. The Morgan fingerprint density at radius 1 is 1.43 bits per heavy atom. The predicted octanol–water partition coefficient (Wildman–Crippen LogP) is 2.94. The van der Waals surface area contributed by atoms with E-state index in [1.165, 1.54) is 0 Å². The van der Waals surface area contributed by atoms with Crippen molar-refractivity contribution in [1.82, 2.24) is 9.88 Å². The lowest BCUT2D eigenvalue weighted by atomic mass is 9.98.